The van der Waals surface area contributed by atoms with Crippen LogP contribution in [-0.2, 0) is 0 Å². The molecule has 2 rings (SSSR count). The average Bonchev–Trinajstić information content (AvgIpc) is 2.40. The van der Waals surface area contributed by atoms with Crippen LogP contribution in [0.2, 0.25) is 0 Å². The van der Waals surface area contributed by atoms with Gasteiger partial charge in [0.2, 0.25) is 0 Å². The maximum atomic E-state index is 3.83. The fourth-order valence-electron chi connectivity index (χ4n) is 1.71. The fourth-order valence-corrected chi connectivity index (χ4v) is 6.72. The number of benzene rings is 2. The van der Waals surface area contributed by atoms with Crippen LogP contribution >= 0.6 is 49.0 Å². The van der Waals surface area contributed by atoms with E-state index in [1.807, 2.05) is 0 Å². The van der Waals surface area contributed by atoms with Gasteiger partial charge in [-0.05, 0) is 23.2 Å². The first-order chi connectivity index (χ1) is 9.16. The summed E-state index contributed by atoms with van der Waals surface area (Å²) < 4.78 is 0.0448. The lowest BCUT2D eigenvalue weighted by molar-refractivity contribution is 1.05. The second-order valence-electron chi connectivity index (χ2n) is 4.24. The standard InChI is InChI=1S/C15H16Br2P2/c16-15(17,19-14-9-5-2-6-10-14)11-12-18-13-7-3-1-4-8-13/h1-10,18-19H,11-12H2. The van der Waals surface area contributed by atoms with E-state index in [1.165, 1.54) is 16.8 Å². The van der Waals surface area contributed by atoms with Gasteiger partial charge in [-0.15, -0.1) is 0 Å². The van der Waals surface area contributed by atoms with Crippen molar-refractivity contribution in [1.29, 1.82) is 0 Å². The van der Waals surface area contributed by atoms with Gasteiger partial charge in [0.15, 0.2) is 0 Å². The highest BCUT2D eigenvalue weighted by atomic mass is 79.9. The highest BCUT2D eigenvalue weighted by molar-refractivity contribution is 9.27. The number of halogens is 2. The molecule has 100 valence electrons. The lowest BCUT2D eigenvalue weighted by Crippen LogP contribution is -2.10. The van der Waals surface area contributed by atoms with Crippen molar-refractivity contribution in [3.63, 3.8) is 0 Å². The fraction of sp³-hybridized carbons (Fsp3) is 0.200. The van der Waals surface area contributed by atoms with Crippen molar-refractivity contribution in [2.24, 2.45) is 0 Å². The van der Waals surface area contributed by atoms with Gasteiger partial charge >= 0.3 is 0 Å². The SMILES string of the molecule is BrC(Br)(CCPc1ccccc1)Pc1ccccc1. The zero-order valence-corrected chi connectivity index (χ0v) is 15.6. The molecule has 0 saturated carbocycles. The molecule has 0 saturated heterocycles. The molecule has 19 heavy (non-hydrogen) atoms. The Morgan fingerprint density at radius 3 is 1.89 bits per heavy atom. The molecule has 0 radical (unpaired) electrons. The maximum absolute atomic E-state index is 3.83. The minimum absolute atomic E-state index is 0.0448. The zero-order chi connectivity index (χ0) is 13.6. The largest absolute Gasteiger partial charge is 0.101 e. The molecule has 0 N–H and O–H groups in total. The first-order valence-electron chi connectivity index (χ1n) is 6.16. The Bertz CT molecular complexity index is 486. The van der Waals surface area contributed by atoms with E-state index in [9.17, 15) is 0 Å². The van der Waals surface area contributed by atoms with Gasteiger partial charge in [0.1, 0.15) is 2.97 Å². The van der Waals surface area contributed by atoms with Crippen molar-refractivity contribution in [2.75, 3.05) is 6.16 Å². The molecule has 2 aromatic carbocycles. The number of alkyl halides is 2. The normalized spacial score (nSPS) is 12.7. The van der Waals surface area contributed by atoms with Crippen LogP contribution in [-0.4, -0.2) is 9.14 Å². The molecule has 0 aliphatic heterocycles. The van der Waals surface area contributed by atoms with Gasteiger partial charge in [-0.3, -0.25) is 0 Å². The minimum atomic E-state index is 0.0448. The molecule has 0 heterocycles. The predicted molar refractivity (Wildman–Crippen MR) is 98.9 cm³/mol. The number of hydrogen-bond donors (Lipinski definition) is 0. The van der Waals surface area contributed by atoms with Crippen molar-refractivity contribution in [1.82, 2.24) is 0 Å². The van der Waals surface area contributed by atoms with Crippen molar-refractivity contribution in [3.8, 4) is 0 Å². The number of rotatable bonds is 6. The van der Waals surface area contributed by atoms with Crippen LogP contribution in [0.15, 0.2) is 60.7 Å². The molecule has 0 bridgehead atoms. The quantitative estimate of drug-likeness (QED) is 0.466. The first kappa shape index (κ1) is 15.6. The van der Waals surface area contributed by atoms with Crippen LogP contribution in [0.3, 0.4) is 0 Å². The van der Waals surface area contributed by atoms with E-state index in [1.54, 1.807) is 0 Å². The van der Waals surface area contributed by atoms with Gasteiger partial charge in [-0.25, -0.2) is 0 Å². The van der Waals surface area contributed by atoms with Crippen LogP contribution < -0.4 is 10.6 Å². The van der Waals surface area contributed by atoms with E-state index >= 15 is 0 Å². The molecule has 0 amide bonds. The van der Waals surface area contributed by atoms with E-state index in [-0.39, 0.29) is 2.97 Å². The Kier molecular flexibility index (Phi) is 6.50. The molecule has 2 atom stereocenters. The molecule has 0 nitrogen and oxygen atoms in total. The summed E-state index contributed by atoms with van der Waals surface area (Å²) in [4.78, 5) is 0. The second-order valence-corrected chi connectivity index (χ2v) is 12.6. The molecule has 2 unspecified atom stereocenters. The smallest absolute Gasteiger partial charge is 0.0903 e. The highest BCUT2D eigenvalue weighted by Gasteiger charge is 2.22. The Hall–Kier alpha value is 0.260. The average molecular weight is 418 g/mol. The van der Waals surface area contributed by atoms with Crippen molar-refractivity contribution in [3.05, 3.63) is 60.7 Å². The molecule has 2 aromatic rings. The summed E-state index contributed by atoms with van der Waals surface area (Å²) in [6.07, 6.45) is 2.34. The van der Waals surface area contributed by atoms with Gasteiger partial charge in [0.25, 0.3) is 0 Å². The topological polar surface area (TPSA) is 0 Å². The summed E-state index contributed by atoms with van der Waals surface area (Å²) >= 11 is 7.65. The van der Waals surface area contributed by atoms with Gasteiger partial charge in [0.05, 0.1) is 0 Å². The molecule has 4 heteroatoms. The van der Waals surface area contributed by atoms with Gasteiger partial charge in [-0.1, -0.05) is 110 Å². The van der Waals surface area contributed by atoms with Crippen LogP contribution in [0.25, 0.3) is 0 Å². The summed E-state index contributed by atoms with van der Waals surface area (Å²) in [5.41, 5.74) is 0. The van der Waals surface area contributed by atoms with Gasteiger partial charge in [0, 0.05) is 0 Å². The van der Waals surface area contributed by atoms with E-state index in [4.69, 9.17) is 0 Å². The Balaban J connectivity index is 1.81. The summed E-state index contributed by atoms with van der Waals surface area (Å²) in [6.45, 7) is 0. The third kappa shape index (κ3) is 6.05. The summed E-state index contributed by atoms with van der Waals surface area (Å²) in [6, 6.07) is 21.4. The lowest BCUT2D eigenvalue weighted by atomic mass is 10.4. The Morgan fingerprint density at radius 2 is 1.32 bits per heavy atom. The lowest BCUT2D eigenvalue weighted by Gasteiger charge is -2.20. The van der Waals surface area contributed by atoms with E-state index in [2.05, 4.69) is 92.5 Å². The molecule has 0 aliphatic carbocycles. The van der Waals surface area contributed by atoms with Crippen molar-refractivity contribution < 1.29 is 0 Å². The minimum Gasteiger partial charge on any atom is -0.0903 e. The summed E-state index contributed by atoms with van der Waals surface area (Å²) in [7, 11) is 1.62. The van der Waals surface area contributed by atoms with Crippen molar-refractivity contribution >= 4 is 59.6 Å². The van der Waals surface area contributed by atoms with Gasteiger partial charge in [-0.2, -0.15) is 0 Å². The van der Waals surface area contributed by atoms with Crippen molar-refractivity contribution in [2.45, 2.75) is 9.40 Å². The molecular weight excluding hydrogens is 402 g/mol. The Morgan fingerprint density at radius 1 is 0.789 bits per heavy atom. The zero-order valence-electron chi connectivity index (χ0n) is 10.4. The number of hydrogen-bond acceptors (Lipinski definition) is 0. The molecule has 0 aliphatic rings. The molecule has 0 spiro atoms. The van der Waals surface area contributed by atoms with Crippen LogP contribution in [0.5, 0.6) is 0 Å². The Labute approximate surface area is 135 Å². The summed E-state index contributed by atoms with van der Waals surface area (Å²) in [5, 5.41) is 2.83. The first-order valence-corrected chi connectivity index (χ1v) is 9.95. The molecule has 0 aromatic heterocycles. The van der Waals surface area contributed by atoms with Crippen LogP contribution in [0, 0.1) is 0 Å². The molecular formula is C15H16Br2P2. The molecule has 0 fully saturated rings. The van der Waals surface area contributed by atoms with E-state index < -0.39 is 0 Å². The van der Waals surface area contributed by atoms with E-state index in [0.717, 1.165) is 23.6 Å². The highest BCUT2D eigenvalue weighted by Crippen LogP contribution is 2.47. The van der Waals surface area contributed by atoms with Gasteiger partial charge < -0.3 is 0 Å². The predicted octanol–water partition coefficient (Wildman–Crippen LogP) is 4.83. The van der Waals surface area contributed by atoms with Crippen LogP contribution in [0.4, 0.5) is 0 Å². The monoisotopic (exact) mass is 416 g/mol. The summed E-state index contributed by atoms with van der Waals surface area (Å²) in [5.74, 6) is 0. The third-order valence-electron chi connectivity index (χ3n) is 2.64. The van der Waals surface area contributed by atoms with Crippen LogP contribution in [0.1, 0.15) is 6.42 Å². The second kappa shape index (κ2) is 7.89. The van der Waals surface area contributed by atoms with E-state index in [0.29, 0.717) is 0 Å². The maximum Gasteiger partial charge on any atom is 0.101 e. The third-order valence-corrected chi connectivity index (χ3v) is 7.10.